The van der Waals surface area contributed by atoms with Crippen molar-refractivity contribution in [2.45, 2.75) is 6.42 Å². The van der Waals surface area contributed by atoms with Gasteiger partial charge in [0.1, 0.15) is 4.32 Å². The fourth-order valence-electron chi connectivity index (χ4n) is 2.61. The fraction of sp³-hybridized carbons (Fsp3) is 0.100. The zero-order valence-electron chi connectivity index (χ0n) is 15.3. The minimum absolute atomic E-state index is 0.0421. The molecule has 2 aromatic carbocycles. The summed E-state index contributed by atoms with van der Waals surface area (Å²) in [6, 6.07) is 11.0. The summed E-state index contributed by atoms with van der Waals surface area (Å²) in [4.78, 5) is 37.7. The van der Waals surface area contributed by atoms with Gasteiger partial charge >= 0.3 is 5.97 Å². The Hall–Kier alpha value is -2.69. The number of halogens is 1. The number of anilines is 1. The van der Waals surface area contributed by atoms with Gasteiger partial charge in [-0.1, -0.05) is 63.9 Å². The number of amides is 2. The molecule has 0 radical (unpaired) electrons. The van der Waals surface area contributed by atoms with Crippen molar-refractivity contribution in [2.24, 2.45) is 0 Å². The number of carboxylic acid groups (broad SMARTS) is 1. The number of carbonyl (C=O) groups is 3. The van der Waals surface area contributed by atoms with Crippen molar-refractivity contribution in [3.63, 3.8) is 0 Å². The number of rotatable bonds is 6. The van der Waals surface area contributed by atoms with Gasteiger partial charge in [0, 0.05) is 23.1 Å². The van der Waals surface area contributed by atoms with Crippen LogP contribution in [0.1, 0.15) is 22.3 Å². The Morgan fingerprint density at radius 2 is 1.93 bits per heavy atom. The summed E-state index contributed by atoms with van der Waals surface area (Å²) in [5, 5.41) is 23.0. The van der Waals surface area contributed by atoms with Crippen molar-refractivity contribution in [3.8, 4) is 5.75 Å². The van der Waals surface area contributed by atoms with Gasteiger partial charge in [-0.15, -0.1) is 0 Å². The molecule has 7 nitrogen and oxygen atoms in total. The van der Waals surface area contributed by atoms with Gasteiger partial charge in [0.25, 0.3) is 5.91 Å². The lowest BCUT2D eigenvalue weighted by Gasteiger charge is -2.15. The molecule has 2 aromatic rings. The molecule has 0 spiro atoms. The smallest absolute Gasteiger partial charge is 0.335 e. The average molecular weight is 506 g/mol. The number of hydrogen-bond acceptors (Lipinski definition) is 6. The van der Waals surface area contributed by atoms with Crippen LogP contribution in [0.15, 0.2) is 51.8 Å². The summed E-state index contributed by atoms with van der Waals surface area (Å²) in [7, 11) is 0. The lowest BCUT2D eigenvalue weighted by Crippen LogP contribution is -2.31. The minimum Gasteiger partial charge on any atom is -0.872 e. The van der Waals surface area contributed by atoms with Gasteiger partial charge in [0.15, 0.2) is 0 Å². The van der Waals surface area contributed by atoms with Gasteiger partial charge in [-0.2, -0.15) is 0 Å². The van der Waals surface area contributed by atoms with Crippen LogP contribution in [0, 0.1) is 0 Å². The Balaban J connectivity index is 1.61. The number of carbonyl (C=O) groups excluding carboxylic acids is 2. The molecule has 0 unspecified atom stereocenters. The molecule has 1 heterocycles. The normalized spacial score (nSPS) is 15.0. The topological polar surface area (TPSA) is 110 Å². The van der Waals surface area contributed by atoms with Crippen molar-refractivity contribution in [1.29, 1.82) is 0 Å². The summed E-state index contributed by atoms with van der Waals surface area (Å²) in [6.07, 6.45) is 1.70. The van der Waals surface area contributed by atoms with Crippen molar-refractivity contribution in [3.05, 3.63) is 63.0 Å². The maximum absolute atomic E-state index is 12.6. The van der Waals surface area contributed by atoms with E-state index in [1.54, 1.807) is 6.08 Å². The lowest BCUT2D eigenvalue weighted by molar-refractivity contribution is -0.268. The maximum atomic E-state index is 12.6. The fourth-order valence-corrected chi connectivity index (χ4v) is 4.19. The molecule has 0 atom stereocenters. The standard InChI is InChI=1S/C20H15BrN2O5S2/c21-12-3-1-11(2-4-12)9-16-18(26)23(20(29)30-16)8-7-17(25)22-13-5-6-15(24)14(10-13)19(27)28/h1-6,9-10,24H,7-8H2,(H,22,25)(H,27,28)/p-1/b16-9-. The van der Waals surface area contributed by atoms with Crippen LogP contribution < -0.4 is 10.4 Å². The van der Waals surface area contributed by atoms with E-state index in [2.05, 4.69) is 21.2 Å². The number of aromatic carboxylic acids is 1. The number of thiocarbonyl (C=S) groups is 1. The number of thioether (sulfide) groups is 1. The molecule has 0 aromatic heterocycles. The molecule has 3 rings (SSSR count). The highest BCUT2D eigenvalue weighted by atomic mass is 79.9. The first-order chi connectivity index (χ1) is 14.2. The predicted molar refractivity (Wildman–Crippen MR) is 120 cm³/mol. The molecular weight excluding hydrogens is 492 g/mol. The van der Waals surface area contributed by atoms with Gasteiger partial charge < -0.3 is 15.5 Å². The second-order valence-electron chi connectivity index (χ2n) is 6.20. The highest BCUT2D eigenvalue weighted by molar-refractivity contribution is 9.10. The second-order valence-corrected chi connectivity index (χ2v) is 8.79. The van der Waals surface area contributed by atoms with Crippen LogP contribution in [0.5, 0.6) is 5.75 Å². The molecule has 2 N–H and O–H groups in total. The summed E-state index contributed by atoms with van der Waals surface area (Å²) in [5.74, 6) is -2.72. The van der Waals surface area contributed by atoms with E-state index in [9.17, 15) is 19.5 Å². The minimum atomic E-state index is -1.37. The summed E-state index contributed by atoms with van der Waals surface area (Å²) >= 11 is 9.79. The third-order valence-corrected chi connectivity index (χ3v) is 6.00. The number of carboxylic acids is 1. The third kappa shape index (κ3) is 5.26. The third-order valence-electron chi connectivity index (χ3n) is 4.10. The summed E-state index contributed by atoms with van der Waals surface area (Å²) < 4.78 is 1.29. The van der Waals surface area contributed by atoms with Crippen LogP contribution in [-0.2, 0) is 9.59 Å². The van der Waals surface area contributed by atoms with Crippen molar-refractivity contribution in [1.82, 2.24) is 4.90 Å². The zero-order chi connectivity index (χ0) is 21.8. The first-order valence-electron chi connectivity index (χ1n) is 8.60. The first-order valence-corrected chi connectivity index (χ1v) is 10.6. The maximum Gasteiger partial charge on any atom is 0.335 e. The van der Waals surface area contributed by atoms with Gasteiger partial charge in [-0.25, -0.2) is 4.79 Å². The van der Waals surface area contributed by atoms with Crippen LogP contribution in [0.3, 0.4) is 0 Å². The molecule has 1 saturated heterocycles. The molecule has 2 amide bonds. The Morgan fingerprint density at radius 1 is 1.23 bits per heavy atom. The molecule has 1 aliphatic rings. The molecule has 1 aliphatic heterocycles. The molecular formula is C20H14BrN2O5S2-. The lowest BCUT2D eigenvalue weighted by atomic mass is 10.1. The van der Waals surface area contributed by atoms with Crippen LogP contribution in [-0.4, -0.2) is 38.7 Å². The van der Waals surface area contributed by atoms with E-state index < -0.39 is 23.2 Å². The number of hydrogen-bond donors (Lipinski definition) is 2. The van der Waals surface area contributed by atoms with E-state index in [0.717, 1.165) is 22.2 Å². The van der Waals surface area contributed by atoms with Crippen molar-refractivity contribution >= 4 is 73.8 Å². The molecule has 154 valence electrons. The largest absolute Gasteiger partial charge is 0.872 e. The van der Waals surface area contributed by atoms with Crippen LogP contribution in [0.4, 0.5) is 5.69 Å². The van der Waals surface area contributed by atoms with Gasteiger partial charge in [0.2, 0.25) is 5.91 Å². The first kappa shape index (κ1) is 22.0. The van der Waals surface area contributed by atoms with Gasteiger partial charge in [-0.3, -0.25) is 14.5 Å². The van der Waals surface area contributed by atoms with E-state index in [0.29, 0.717) is 9.23 Å². The van der Waals surface area contributed by atoms with Gasteiger partial charge in [-0.05, 0) is 35.9 Å². The summed E-state index contributed by atoms with van der Waals surface area (Å²) in [6.45, 7) is 0.0829. The SMILES string of the molecule is O=C(CCN1C(=O)/C(=C/c2ccc(Br)cc2)SC1=S)Nc1ccc([O-])c(C(=O)O)c1. The predicted octanol–water partition coefficient (Wildman–Crippen LogP) is 3.45. The number of benzene rings is 2. The number of nitrogens with zero attached hydrogens (tertiary/aromatic N) is 1. The molecule has 10 heteroatoms. The van der Waals surface area contributed by atoms with E-state index in [-0.39, 0.29) is 24.6 Å². The van der Waals surface area contributed by atoms with E-state index in [1.165, 1.54) is 22.7 Å². The van der Waals surface area contributed by atoms with E-state index >= 15 is 0 Å². The van der Waals surface area contributed by atoms with Crippen molar-refractivity contribution in [2.75, 3.05) is 11.9 Å². The summed E-state index contributed by atoms with van der Waals surface area (Å²) in [5.41, 5.74) is 0.618. The Morgan fingerprint density at radius 3 is 2.60 bits per heavy atom. The molecule has 30 heavy (non-hydrogen) atoms. The molecule has 0 aliphatic carbocycles. The van der Waals surface area contributed by atoms with Crippen LogP contribution >= 0.6 is 39.9 Å². The number of nitrogens with one attached hydrogen (secondary N) is 1. The van der Waals surface area contributed by atoms with Gasteiger partial charge in [0.05, 0.1) is 10.5 Å². The Kier molecular flexibility index (Phi) is 6.91. The average Bonchev–Trinajstić information content (AvgIpc) is 2.96. The zero-order valence-corrected chi connectivity index (χ0v) is 18.5. The Labute approximate surface area is 189 Å². The van der Waals surface area contributed by atoms with E-state index in [1.807, 2.05) is 24.3 Å². The van der Waals surface area contributed by atoms with E-state index in [4.69, 9.17) is 17.3 Å². The molecule has 0 saturated carbocycles. The van der Waals surface area contributed by atoms with Crippen LogP contribution in [0.2, 0.25) is 0 Å². The second kappa shape index (κ2) is 9.41. The quantitative estimate of drug-likeness (QED) is 0.456. The Bertz CT molecular complexity index is 1070. The van der Waals surface area contributed by atoms with Crippen molar-refractivity contribution < 1.29 is 24.6 Å². The molecule has 1 fully saturated rings. The van der Waals surface area contributed by atoms with Crippen LogP contribution in [0.25, 0.3) is 6.08 Å². The highest BCUT2D eigenvalue weighted by Crippen LogP contribution is 2.32. The monoisotopic (exact) mass is 505 g/mol. The molecule has 0 bridgehead atoms. The highest BCUT2D eigenvalue weighted by Gasteiger charge is 2.32.